The van der Waals surface area contributed by atoms with Crippen LogP contribution in [-0.2, 0) is 6.61 Å². The fraction of sp³-hybridized carbons (Fsp3) is 0.0870. The van der Waals surface area contributed by atoms with E-state index in [0.717, 1.165) is 5.56 Å². The molecule has 3 rings (SSSR count). The maximum Gasteiger partial charge on any atom is 0.273 e. The number of benzene rings is 3. The number of nitro groups is 1. The zero-order valence-corrected chi connectivity index (χ0v) is 17.9. The summed E-state index contributed by atoms with van der Waals surface area (Å²) in [6, 6.07) is 16.0. The number of nitro benzene ring substituents is 1. The number of ketones is 1. The second-order valence-electron chi connectivity index (χ2n) is 6.44. The fourth-order valence-corrected chi connectivity index (χ4v) is 3.32. The van der Waals surface area contributed by atoms with Crippen LogP contribution in [0.1, 0.15) is 21.5 Å². The van der Waals surface area contributed by atoms with Crippen molar-refractivity contribution in [1.29, 1.82) is 0 Å². The van der Waals surface area contributed by atoms with Gasteiger partial charge in [0, 0.05) is 22.2 Å². The average Bonchev–Trinajstić information content (AvgIpc) is 2.76. The van der Waals surface area contributed by atoms with Crippen LogP contribution in [0.15, 0.2) is 66.7 Å². The minimum atomic E-state index is -0.483. The van der Waals surface area contributed by atoms with Crippen LogP contribution in [0.4, 0.5) is 5.69 Å². The summed E-state index contributed by atoms with van der Waals surface area (Å²) in [5.41, 5.74) is 1.76. The van der Waals surface area contributed by atoms with Gasteiger partial charge in [0.05, 0.1) is 23.1 Å². The van der Waals surface area contributed by atoms with E-state index >= 15 is 0 Å². The molecular weight excluding hydrogens is 441 g/mol. The minimum Gasteiger partial charge on any atom is -0.496 e. The van der Waals surface area contributed by atoms with Crippen molar-refractivity contribution in [1.82, 2.24) is 0 Å². The summed E-state index contributed by atoms with van der Waals surface area (Å²) < 4.78 is 11.1. The van der Waals surface area contributed by atoms with E-state index in [1.54, 1.807) is 42.5 Å². The van der Waals surface area contributed by atoms with E-state index in [4.69, 9.17) is 32.7 Å². The van der Waals surface area contributed by atoms with E-state index in [9.17, 15) is 14.9 Å². The molecule has 0 aliphatic rings. The second kappa shape index (κ2) is 10.1. The van der Waals surface area contributed by atoms with Crippen LogP contribution in [-0.4, -0.2) is 17.8 Å². The predicted octanol–water partition coefficient (Wildman–Crippen LogP) is 6.39. The molecule has 0 saturated heterocycles. The van der Waals surface area contributed by atoms with E-state index in [1.807, 2.05) is 6.07 Å². The normalized spacial score (nSPS) is 10.8. The van der Waals surface area contributed by atoms with Crippen LogP contribution < -0.4 is 9.47 Å². The van der Waals surface area contributed by atoms with E-state index in [0.29, 0.717) is 27.6 Å². The number of halogens is 2. The molecule has 0 atom stereocenters. The molecule has 0 spiro atoms. The Hall–Kier alpha value is -3.35. The molecule has 158 valence electrons. The molecule has 3 aromatic carbocycles. The highest BCUT2D eigenvalue weighted by atomic mass is 35.5. The molecule has 0 aliphatic carbocycles. The fourth-order valence-electron chi connectivity index (χ4n) is 2.81. The van der Waals surface area contributed by atoms with Crippen LogP contribution in [0, 0.1) is 10.1 Å². The molecule has 8 heteroatoms. The third-order valence-electron chi connectivity index (χ3n) is 4.35. The zero-order chi connectivity index (χ0) is 22.4. The molecule has 0 aromatic heterocycles. The van der Waals surface area contributed by atoms with E-state index < -0.39 is 4.92 Å². The van der Waals surface area contributed by atoms with Crippen LogP contribution >= 0.6 is 23.2 Å². The maximum atomic E-state index is 12.4. The van der Waals surface area contributed by atoms with Crippen molar-refractivity contribution in [2.75, 3.05) is 7.11 Å². The van der Waals surface area contributed by atoms with Crippen LogP contribution in [0.2, 0.25) is 10.0 Å². The number of allylic oxidation sites excluding steroid dienone is 1. The maximum absolute atomic E-state index is 12.4. The van der Waals surface area contributed by atoms with Gasteiger partial charge < -0.3 is 9.47 Å². The van der Waals surface area contributed by atoms with Gasteiger partial charge in [0.25, 0.3) is 5.69 Å². The Labute approximate surface area is 188 Å². The summed E-state index contributed by atoms with van der Waals surface area (Å²) in [5.74, 6) is 0.700. The van der Waals surface area contributed by atoms with Crippen molar-refractivity contribution >= 4 is 40.7 Å². The van der Waals surface area contributed by atoms with Crippen LogP contribution in [0.25, 0.3) is 6.08 Å². The summed E-state index contributed by atoms with van der Waals surface area (Å²) in [6.45, 7) is 0.128. The highest BCUT2D eigenvalue weighted by molar-refractivity contribution is 6.37. The van der Waals surface area contributed by atoms with E-state index in [-0.39, 0.29) is 23.1 Å². The highest BCUT2D eigenvalue weighted by Crippen LogP contribution is 2.26. The topological polar surface area (TPSA) is 78.7 Å². The number of methoxy groups -OCH3 is 1. The Morgan fingerprint density at radius 1 is 1.10 bits per heavy atom. The number of non-ortho nitro benzene ring substituents is 1. The van der Waals surface area contributed by atoms with Gasteiger partial charge in [-0.05, 0) is 48.0 Å². The van der Waals surface area contributed by atoms with Gasteiger partial charge in [0.1, 0.15) is 18.1 Å². The van der Waals surface area contributed by atoms with E-state index in [2.05, 4.69) is 0 Å². The zero-order valence-electron chi connectivity index (χ0n) is 16.4. The van der Waals surface area contributed by atoms with Crippen molar-refractivity contribution in [2.24, 2.45) is 0 Å². The van der Waals surface area contributed by atoms with Crippen molar-refractivity contribution in [2.45, 2.75) is 6.61 Å². The van der Waals surface area contributed by atoms with Crippen LogP contribution in [0.5, 0.6) is 11.5 Å². The van der Waals surface area contributed by atoms with Gasteiger partial charge in [0.15, 0.2) is 5.78 Å². The first-order chi connectivity index (χ1) is 14.9. The SMILES string of the molecule is COc1ccc(/C=C/C(=O)c2ccc(Cl)cc2Cl)cc1COc1cccc([N+](=O)[O-])c1. The number of ether oxygens (including phenoxy) is 2. The molecule has 31 heavy (non-hydrogen) atoms. The molecular formula is C23H17Cl2NO5. The highest BCUT2D eigenvalue weighted by Gasteiger charge is 2.10. The monoisotopic (exact) mass is 457 g/mol. The molecule has 0 aliphatic heterocycles. The Kier molecular flexibility index (Phi) is 7.28. The Balaban J connectivity index is 1.77. The molecule has 0 fully saturated rings. The van der Waals surface area contributed by atoms with Crippen molar-refractivity contribution in [3.8, 4) is 11.5 Å². The van der Waals surface area contributed by atoms with Crippen LogP contribution in [0.3, 0.4) is 0 Å². The third-order valence-corrected chi connectivity index (χ3v) is 4.90. The number of hydrogen-bond donors (Lipinski definition) is 0. The molecule has 0 amide bonds. The summed E-state index contributed by atoms with van der Waals surface area (Å²) in [7, 11) is 1.54. The lowest BCUT2D eigenvalue weighted by Gasteiger charge is -2.11. The Morgan fingerprint density at radius 2 is 1.90 bits per heavy atom. The number of carbonyl (C=O) groups excluding carboxylic acids is 1. The molecule has 0 unspecified atom stereocenters. The van der Waals surface area contributed by atoms with Crippen molar-refractivity contribution in [3.05, 3.63) is 104 Å². The smallest absolute Gasteiger partial charge is 0.273 e. The van der Waals surface area contributed by atoms with Gasteiger partial charge in [-0.1, -0.05) is 41.4 Å². The molecule has 6 nitrogen and oxygen atoms in total. The summed E-state index contributed by atoms with van der Waals surface area (Å²) >= 11 is 12.0. The Morgan fingerprint density at radius 3 is 2.61 bits per heavy atom. The van der Waals surface area contributed by atoms with Gasteiger partial charge in [-0.25, -0.2) is 0 Å². The summed E-state index contributed by atoms with van der Waals surface area (Å²) in [5, 5.41) is 11.7. The minimum absolute atomic E-state index is 0.0551. The molecule has 3 aromatic rings. The van der Waals surface area contributed by atoms with Gasteiger partial charge in [-0.2, -0.15) is 0 Å². The molecule has 0 saturated carbocycles. The van der Waals surface area contributed by atoms with Crippen molar-refractivity contribution in [3.63, 3.8) is 0 Å². The molecule has 0 heterocycles. The lowest BCUT2D eigenvalue weighted by Crippen LogP contribution is -2.00. The van der Waals surface area contributed by atoms with Gasteiger partial charge in [-0.15, -0.1) is 0 Å². The number of rotatable bonds is 8. The third kappa shape index (κ3) is 5.84. The number of hydrogen-bond acceptors (Lipinski definition) is 5. The average molecular weight is 458 g/mol. The summed E-state index contributed by atoms with van der Waals surface area (Å²) in [4.78, 5) is 22.9. The number of nitrogens with zero attached hydrogens (tertiary/aromatic N) is 1. The number of carbonyl (C=O) groups is 1. The van der Waals surface area contributed by atoms with Gasteiger partial charge >= 0.3 is 0 Å². The molecule has 0 radical (unpaired) electrons. The van der Waals surface area contributed by atoms with Crippen molar-refractivity contribution < 1.29 is 19.2 Å². The quantitative estimate of drug-likeness (QED) is 0.169. The largest absolute Gasteiger partial charge is 0.496 e. The summed E-state index contributed by atoms with van der Waals surface area (Å²) in [6.07, 6.45) is 3.08. The first-order valence-corrected chi connectivity index (χ1v) is 9.84. The van der Waals surface area contributed by atoms with E-state index in [1.165, 1.54) is 31.4 Å². The van der Waals surface area contributed by atoms with Gasteiger partial charge in [0.2, 0.25) is 0 Å². The predicted molar refractivity (Wildman–Crippen MR) is 120 cm³/mol. The first-order valence-electron chi connectivity index (χ1n) is 9.09. The lowest BCUT2D eigenvalue weighted by molar-refractivity contribution is -0.384. The molecule has 0 bridgehead atoms. The molecule has 0 N–H and O–H groups in total. The lowest BCUT2D eigenvalue weighted by atomic mass is 10.1. The van der Waals surface area contributed by atoms with Gasteiger partial charge in [-0.3, -0.25) is 14.9 Å². The first kappa shape index (κ1) is 22.3. The Bertz CT molecular complexity index is 1160. The standard InChI is InChI=1S/C23H17Cl2NO5/c1-30-23-10-6-15(5-9-22(27)20-8-7-17(24)12-21(20)25)11-16(23)14-31-19-4-2-3-18(13-19)26(28)29/h2-13H,14H2,1H3/b9-5+. The second-order valence-corrected chi connectivity index (χ2v) is 7.28.